The molecule has 0 saturated carbocycles. The Kier molecular flexibility index (Phi) is 4.90. The number of hydrogen-bond donors (Lipinski definition) is 0. The number of aromatic nitrogens is 3. The fraction of sp³-hybridized carbons (Fsp3) is 0.318. The van der Waals surface area contributed by atoms with Gasteiger partial charge in [0.1, 0.15) is 5.65 Å². The van der Waals surface area contributed by atoms with E-state index in [1.54, 1.807) is 11.9 Å². The van der Waals surface area contributed by atoms with Gasteiger partial charge in [-0.1, -0.05) is 36.0 Å². The van der Waals surface area contributed by atoms with Crippen LogP contribution in [0, 0.1) is 0 Å². The van der Waals surface area contributed by atoms with Crippen molar-refractivity contribution in [2.24, 2.45) is 0 Å². The van der Waals surface area contributed by atoms with Crippen LogP contribution >= 0.6 is 11.8 Å². The zero-order valence-corrected chi connectivity index (χ0v) is 18.9. The number of amides is 1. The highest BCUT2D eigenvalue weighted by Crippen LogP contribution is 2.31. The van der Waals surface area contributed by atoms with Crippen molar-refractivity contribution >= 4 is 55.1 Å². The van der Waals surface area contributed by atoms with E-state index >= 15 is 0 Å². The summed E-state index contributed by atoms with van der Waals surface area (Å²) in [4.78, 5) is 24.4. The molecule has 31 heavy (non-hydrogen) atoms. The van der Waals surface area contributed by atoms with E-state index in [9.17, 15) is 13.2 Å². The average molecular weight is 455 g/mol. The van der Waals surface area contributed by atoms with Crippen LogP contribution < -0.4 is 0 Å². The van der Waals surface area contributed by atoms with Crippen molar-refractivity contribution in [3.63, 3.8) is 0 Å². The average Bonchev–Trinajstić information content (AvgIpc) is 3.33. The van der Waals surface area contributed by atoms with Gasteiger partial charge in [-0.2, -0.15) is 0 Å². The second kappa shape index (κ2) is 7.49. The van der Waals surface area contributed by atoms with Crippen LogP contribution in [0.1, 0.15) is 13.3 Å². The van der Waals surface area contributed by atoms with Crippen LogP contribution in [0.2, 0.25) is 0 Å². The van der Waals surface area contributed by atoms with Crippen LogP contribution in [0.25, 0.3) is 27.6 Å². The third-order valence-corrected chi connectivity index (χ3v) is 8.64. The molecule has 0 radical (unpaired) electrons. The minimum atomic E-state index is -3.05. The van der Waals surface area contributed by atoms with Crippen LogP contribution in [0.5, 0.6) is 0 Å². The van der Waals surface area contributed by atoms with E-state index < -0.39 is 15.1 Å². The molecule has 9 heteroatoms. The molecule has 0 N–H and O–H groups in total. The molecule has 1 saturated heterocycles. The van der Waals surface area contributed by atoms with Gasteiger partial charge in [-0.25, -0.2) is 18.4 Å². The van der Waals surface area contributed by atoms with Gasteiger partial charge in [0, 0.05) is 18.5 Å². The molecule has 1 amide bonds. The Bertz CT molecular complexity index is 1430. The molecular weight excluding hydrogens is 432 g/mol. The molecule has 7 nitrogen and oxygen atoms in total. The number of hydrogen-bond acceptors (Lipinski definition) is 6. The second-order valence-electron chi connectivity index (χ2n) is 7.94. The van der Waals surface area contributed by atoms with E-state index in [1.165, 1.54) is 11.8 Å². The van der Waals surface area contributed by atoms with Gasteiger partial charge in [-0.3, -0.25) is 9.20 Å². The predicted molar refractivity (Wildman–Crippen MR) is 123 cm³/mol. The molecule has 1 aliphatic heterocycles. The van der Waals surface area contributed by atoms with E-state index in [0.29, 0.717) is 11.6 Å². The minimum absolute atomic E-state index is 0.0389. The fourth-order valence-corrected chi connectivity index (χ4v) is 6.95. The predicted octanol–water partition coefficient (Wildman–Crippen LogP) is 3.16. The molecule has 160 valence electrons. The molecule has 1 fully saturated rings. The van der Waals surface area contributed by atoms with Gasteiger partial charge < -0.3 is 4.90 Å². The maximum absolute atomic E-state index is 13.1. The number of carbonyl (C=O) groups is 1. The summed E-state index contributed by atoms with van der Waals surface area (Å²) in [6.45, 7) is 1.84. The van der Waals surface area contributed by atoms with E-state index in [2.05, 4.69) is 0 Å². The van der Waals surface area contributed by atoms with Gasteiger partial charge in [0.2, 0.25) is 5.91 Å². The number of imidazole rings is 1. The summed E-state index contributed by atoms with van der Waals surface area (Å²) < 4.78 is 25.7. The highest BCUT2D eigenvalue weighted by molar-refractivity contribution is 8.00. The molecule has 2 unspecified atom stereocenters. The summed E-state index contributed by atoms with van der Waals surface area (Å²) in [5.74, 6) is 0.0849. The van der Waals surface area contributed by atoms with Crippen LogP contribution in [-0.2, 0) is 14.6 Å². The first kappa shape index (κ1) is 20.3. The molecule has 0 spiro atoms. The molecule has 2 aromatic carbocycles. The topological polar surface area (TPSA) is 84.6 Å². The fourth-order valence-electron chi connectivity index (χ4n) is 4.15. The van der Waals surface area contributed by atoms with Gasteiger partial charge in [-0.15, -0.1) is 0 Å². The van der Waals surface area contributed by atoms with Gasteiger partial charge in [-0.05, 0) is 37.6 Å². The van der Waals surface area contributed by atoms with Crippen molar-refractivity contribution < 1.29 is 13.2 Å². The van der Waals surface area contributed by atoms with E-state index in [-0.39, 0.29) is 23.5 Å². The van der Waals surface area contributed by atoms with Crippen molar-refractivity contribution in [1.29, 1.82) is 0 Å². The van der Waals surface area contributed by atoms with Crippen molar-refractivity contribution in [3.05, 3.63) is 48.5 Å². The quantitative estimate of drug-likeness (QED) is 0.348. The van der Waals surface area contributed by atoms with Gasteiger partial charge >= 0.3 is 0 Å². The number of para-hydroxylation sites is 3. The smallest absolute Gasteiger partial charge is 0.235 e. The second-order valence-corrected chi connectivity index (χ2v) is 11.5. The first-order valence-electron chi connectivity index (χ1n) is 10.1. The molecule has 4 aromatic rings. The standard InChI is InChI=1S/C22H22N4O3S2/c1-14(21(27)25(2)15-11-12-31(28,29)13-15)30-22-24-17-8-4-3-7-16(17)20-23-18-9-5-6-10-19(18)26(20)22/h3-10,14-15H,11-13H2,1-2H3. The summed E-state index contributed by atoms with van der Waals surface area (Å²) in [5.41, 5.74) is 3.44. The number of thioether (sulfide) groups is 1. The molecule has 0 aliphatic carbocycles. The van der Waals surface area contributed by atoms with Crippen LogP contribution in [0.15, 0.2) is 53.7 Å². The summed E-state index contributed by atoms with van der Waals surface area (Å²) in [5, 5.41) is 1.22. The minimum Gasteiger partial charge on any atom is -0.341 e. The first-order chi connectivity index (χ1) is 14.8. The zero-order chi connectivity index (χ0) is 21.8. The first-order valence-corrected chi connectivity index (χ1v) is 12.8. The maximum Gasteiger partial charge on any atom is 0.235 e. The lowest BCUT2D eigenvalue weighted by atomic mass is 10.2. The maximum atomic E-state index is 13.1. The number of fused-ring (bicyclic) bond motifs is 5. The largest absolute Gasteiger partial charge is 0.341 e. The van der Waals surface area contributed by atoms with E-state index in [0.717, 1.165) is 27.6 Å². The SMILES string of the molecule is CC(Sc1nc2ccccc2c2nc3ccccc3n12)C(=O)N(C)C1CCS(=O)(=O)C1. The number of rotatable bonds is 4. The Morgan fingerprint density at radius 3 is 2.58 bits per heavy atom. The lowest BCUT2D eigenvalue weighted by Gasteiger charge is -2.26. The zero-order valence-electron chi connectivity index (χ0n) is 17.2. The third kappa shape index (κ3) is 3.55. The molecule has 5 rings (SSSR count). The van der Waals surface area contributed by atoms with Crippen molar-refractivity contribution in [2.45, 2.75) is 29.8 Å². The number of sulfone groups is 1. The number of benzene rings is 2. The highest BCUT2D eigenvalue weighted by atomic mass is 32.2. The monoisotopic (exact) mass is 454 g/mol. The van der Waals surface area contributed by atoms with Crippen molar-refractivity contribution in [3.8, 4) is 0 Å². The molecule has 3 heterocycles. The van der Waals surface area contributed by atoms with Gasteiger partial charge in [0.05, 0.1) is 33.3 Å². The highest BCUT2D eigenvalue weighted by Gasteiger charge is 2.34. The molecular formula is C22H22N4O3S2. The van der Waals surface area contributed by atoms with Crippen LogP contribution in [-0.4, -0.2) is 63.4 Å². The Labute approximate surface area is 184 Å². The summed E-state index contributed by atoms with van der Waals surface area (Å²) in [6.07, 6.45) is 0.493. The lowest BCUT2D eigenvalue weighted by Crippen LogP contribution is -2.41. The van der Waals surface area contributed by atoms with Crippen LogP contribution in [0.4, 0.5) is 0 Å². The van der Waals surface area contributed by atoms with Gasteiger partial charge in [0.25, 0.3) is 0 Å². The summed E-state index contributed by atoms with van der Waals surface area (Å²) in [6, 6.07) is 15.5. The Morgan fingerprint density at radius 2 is 1.84 bits per heavy atom. The Hall–Kier alpha value is -2.65. The molecule has 1 aliphatic rings. The molecule has 0 bridgehead atoms. The normalized spacial score (nSPS) is 19.2. The van der Waals surface area contributed by atoms with Crippen molar-refractivity contribution in [1.82, 2.24) is 19.3 Å². The Balaban J connectivity index is 1.54. The van der Waals surface area contributed by atoms with Crippen LogP contribution in [0.3, 0.4) is 0 Å². The lowest BCUT2D eigenvalue weighted by molar-refractivity contribution is -0.130. The van der Waals surface area contributed by atoms with Gasteiger partial charge in [0.15, 0.2) is 15.0 Å². The number of carbonyl (C=O) groups excluding carboxylic acids is 1. The van der Waals surface area contributed by atoms with E-state index in [1.807, 2.05) is 59.9 Å². The van der Waals surface area contributed by atoms with E-state index in [4.69, 9.17) is 9.97 Å². The summed E-state index contributed by atoms with van der Waals surface area (Å²) >= 11 is 1.37. The molecule has 2 atom stereocenters. The third-order valence-electron chi connectivity index (χ3n) is 5.85. The number of nitrogens with zero attached hydrogens (tertiary/aromatic N) is 4. The molecule has 2 aromatic heterocycles. The van der Waals surface area contributed by atoms with Crippen molar-refractivity contribution in [2.75, 3.05) is 18.6 Å². The summed E-state index contributed by atoms with van der Waals surface area (Å²) in [7, 11) is -1.36. The Morgan fingerprint density at radius 1 is 1.13 bits per heavy atom.